The summed E-state index contributed by atoms with van der Waals surface area (Å²) >= 11 is 0. The first-order valence-electron chi connectivity index (χ1n) is 12.2. The van der Waals surface area contributed by atoms with Crippen molar-refractivity contribution in [1.29, 1.82) is 0 Å². The number of hydrogen-bond donors (Lipinski definition) is 3. The van der Waals surface area contributed by atoms with Gasteiger partial charge in [-0.3, -0.25) is 9.52 Å². The van der Waals surface area contributed by atoms with Gasteiger partial charge in [-0.1, -0.05) is 19.1 Å². The second-order valence-electron chi connectivity index (χ2n) is 9.18. The average Bonchev–Trinajstić information content (AvgIpc) is 3.29. The molecule has 2 aromatic carbocycles. The Bertz CT molecular complexity index is 1610. The summed E-state index contributed by atoms with van der Waals surface area (Å²) in [6.07, 6.45) is 1.66. The molecule has 0 fully saturated rings. The number of hydrogen-bond acceptors (Lipinski definition) is 6. The van der Waals surface area contributed by atoms with Gasteiger partial charge in [0, 0.05) is 23.2 Å². The third-order valence-electron chi connectivity index (χ3n) is 5.74. The number of rotatable bonds is 11. The van der Waals surface area contributed by atoms with Crippen LogP contribution in [0.15, 0.2) is 54.7 Å². The Labute approximate surface area is 225 Å². The van der Waals surface area contributed by atoms with E-state index in [2.05, 4.69) is 20.0 Å². The molecule has 39 heavy (non-hydrogen) atoms. The molecule has 9 nitrogen and oxygen atoms in total. The zero-order chi connectivity index (χ0) is 28.2. The Morgan fingerprint density at radius 3 is 2.67 bits per heavy atom. The van der Waals surface area contributed by atoms with Gasteiger partial charge in [-0.15, -0.1) is 0 Å². The van der Waals surface area contributed by atoms with Crippen molar-refractivity contribution in [3.8, 4) is 17.0 Å². The van der Waals surface area contributed by atoms with Crippen molar-refractivity contribution in [3.63, 3.8) is 0 Å². The lowest BCUT2D eigenvalue weighted by Crippen LogP contribution is -2.20. The molecule has 2 aromatic heterocycles. The SMILES string of the molecule is CCCS(=O)(=O)Nc1ccc(F)c(C(=O)Nc2cnc3[nH]c(-c4cccc(OCCN(C)C)c4)cc3c2)c1F. The summed E-state index contributed by atoms with van der Waals surface area (Å²) in [6.45, 7) is 2.97. The first kappa shape index (κ1) is 28.0. The number of nitrogens with zero attached hydrogens (tertiary/aromatic N) is 2. The third-order valence-corrected chi connectivity index (χ3v) is 7.21. The van der Waals surface area contributed by atoms with Crippen LogP contribution in [-0.4, -0.2) is 62.2 Å². The number of carbonyl (C=O) groups excluding carboxylic acids is 1. The van der Waals surface area contributed by atoms with Gasteiger partial charge in [-0.05, 0) is 56.9 Å². The average molecular weight is 558 g/mol. The van der Waals surface area contributed by atoms with Crippen molar-refractivity contribution in [2.75, 3.05) is 43.0 Å². The maximum atomic E-state index is 15.0. The number of aromatic amines is 1. The predicted octanol–water partition coefficient (Wildman–Crippen LogP) is 4.85. The van der Waals surface area contributed by atoms with Crippen LogP contribution >= 0.6 is 0 Å². The number of sulfonamides is 1. The maximum absolute atomic E-state index is 15.0. The molecular formula is C27H29F2N5O4S. The van der Waals surface area contributed by atoms with Gasteiger partial charge in [0.25, 0.3) is 5.91 Å². The number of aromatic nitrogens is 2. The summed E-state index contributed by atoms with van der Waals surface area (Å²) in [4.78, 5) is 22.4. The van der Waals surface area contributed by atoms with Crippen molar-refractivity contribution in [2.45, 2.75) is 13.3 Å². The number of anilines is 2. The molecule has 206 valence electrons. The number of halogens is 2. The van der Waals surface area contributed by atoms with Gasteiger partial charge in [0.2, 0.25) is 10.0 Å². The van der Waals surface area contributed by atoms with E-state index in [0.29, 0.717) is 24.1 Å². The maximum Gasteiger partial charge on any atom is 0.261 e. The molecule has 0 radical (unpaired) electrons. The zero-order valence-corrected chi connectivity index (χ0v) is 22.5. The van der Waals surface area contributed by atoms with E-state index in [4.69, 9.17) is 4.74 Å². The highest BCUT2D eigenvalue weighted by atomic mass is 32.2. The number of likely N-dealkylation sites (N-methyl/N-ethyl adjacent to an activating group) is 1. The van der Waals surface area contributed by atoms with Crippen molar-refractivity contribution in [3.05, 3.63) is 71.9 Å². The van der Waals surface area contributed by atoms with Gasteiger partial charge < -0.3 is 19.9 Å². The van der Waals surface area contributed by atoms with Gasteiger partial charge >= 0.3 is 0 Å². The molecule has 0 aliphatic heterocycles. The Hall–Kier alpha value is -4.03. The van der Waals surface area contributed by atoms with Crippen molar-refractivity contribution >= 4 is 38.3 Å². The van der Waals surface area contributed by atoms with Crippen LogP contribution in [0.4, 0.5) is 20.2 Å². The van der Waals surface area contributed by atoms with Crippen molar-refractivity contribution in [2.24, 2.45) is 0 Å². The lowest BCUT2D eigenvalue weighted by Gasteiger charge is -2.12. The van der Waals surface area contributed by atoms with Gasteiger partial charge in [0.1, 0.15) is 29.4 Å². The first-order chi connectivity index (χ1) is 18.6. The standard InChI is InChI=1S/C27H29F2N5O4S/c1-4-12-39(36,37)33-22-9-8-21(28)24(25(22)29)27(35)31-19-13-18-15-23(32-26(18)30-16-19)17-6-5-7-20(14-17)38-11-10-34(2)3/h5-9,13-16,33H,4,10-12H2,1-3H3,(H,30,32)(H,31,35). The van der Waals surface area contributed by atoms with E-state index >= 15 is 0 Å². The summed E-state index contributed by atoms with van der Waals surface area (Å²) in [5, 5.41) is 3.10. The van der Waals surface area contributed by atoms with Gasteiger partial charge in [-0.2, -0.15) is 0 Å². The van der Waals surface area contributed by atoms with Gasteiger partial charge in [-0.25, -0.2) is 22.2 Å². The minimum absolute atomic E-state index is 0.203. The van der Waals surface area contributed by atoms with Crippen LogP contribution in [-0.2, 0) is 10.0 Å². The Morgan fingerprint density at radius 1 is 1.13 bits per heavy atom. The molecule has 0 unspecified atom stereocenters. The molecule has 0 saturated heterocycles. The van der Waals surface area contributed by atoms with E-state index in [0.717, 1.165) is 35.7 Å². The van der Waals surface area contributed by atoms with E-state index in [1.165, 1.54) is 6.20 Å². The van der Waals surface area contributed by atoms with Crippen LogP contribution in [0.3, 0.4) is 0 Å². The molecule has 2 heterocycles. The molecule has 0 aliphatic carbocycles. The number of nitrogens with one attached hydrogen (secondary N) is 3. The summed E-state index contributed by atoms with van der Waals surface area (Å²) in [7, 11) is 0.0927. The first-order valence-corrected chi connectivity index (χ1v) is 13.9. The number of pyridine rings is 1. The molecule has 0 aliphatic rings. The number of benzene rings is 2. The van der Waals surface area contributed by atoms with Crippen LogP contribution < -0.4 is 14.8 Å². The van der Waals surface area contributed by atoms with E-state index in [1.54, 1.807) is 13.0 Å². The Balaban J connectivity index is 1.54. The molecule has 12 heteroatoms. The van der Waals surface area contributed by atoms with Gasteiger partial charge in [0.15, 0.2) is 5.82 Å². The lowest BCUT2D eigenvalue weighted by atomic mass is 10.1. The molecular weight excluding hydrogens is 528 g/mol. The molecule has 4 rings (SSSR count). The van der Waals surface area contributed by atoms with Gasteiger partial charge in [0.05, 0.1) is 23.3 Å². The highest BCUT2D eigenvalue weighted by Gasteiger charge is 2.23. The van der Waals surface area contributed by atoms with E-state index in [1.807, 2.05) is 49.3 Å². The molecule has 4 aromatic rings. The number of amides is 1. The lowest BCUT2D eigenvalue weighted by molar-refractivity contribution is 0.101. The largest absolute Gasteiger partial charge is 0.492 e. The molecule has 3 N–H and O–H groups in total. The fraction of sp³-hybridized carbons (Fsp3) is 0.259. The summed E-state index contributed by atoms with van der Waals surface area (Å²) in [5.74, 6) is -3.05. The van der Waals surface area contributed by atoms with Crippen LogP contribution in [0.1, 0.15) is 23.7 Å². The summed E-state index contributed by atoms with van der Waals surface area (Å²) in [6, 6.07) is 12.8. The third kappa shape index (κ3) is 6.89. The zero-order valence-electron chi connectivity index (χ0n) is 21.7. The van der Waals surface area contributed by atoms with Crippen molar-refractivity contribution < 1.29 is 26.7 Å². The Morgan fingerprint density at radius 2 is 1.92 bits per heavy atom. The van der Waals surface area contributed by atoms with E-state index < -0.39 is 38.8 Å². The highest BCUT2D eigenvalue weighted by Crippen LogP contribution is 2.28. The number of carbonyl (C=O) groups is 1. The Kier molecular flexibility index (Phi) is 8.46. The van der Waals surface area contributed by atoms with E-state index in [9.17, 15) is 22.0 Å². The quantitative estimate of drug-likeness (QED) is 0.243. The van der Waals surface area contributed by atoms with Crippen LogP contribution in [0.25, 0.3) is 22.3 Å². The molecule has 0 saturated carbocycles. The summed E-state index contributed by atoms with van der Waals surface area (Å²) < 4.78 is 61.4. The molecule has 0 spiro atoms. The van der Waals surface area contributed by atoms with Crippen molar-refractivity contribution in [1.82, 2.24) is 14.9 Å². The van der Waals surface area contributed by atoms with Crippen LogP contribution in [0.5, 0.6) is 5.75 Å². The molecule has 0 bridgehead atoms. The molecule has 0 atom stereocenters. The second kappa shape index (κ2) is 11.8. The minimum Gasteiger partial charge on any atom is -0.492 e. The van der Waals surface area contributed by atoms with E-state index in [-0.39, 0.29) is 11.4 Å². The molecule has 1 amide bonds. The smallest absolute Gasteiger partial charge is 0.261 e. The normalized spacial score (nSPS) is 11.6. The summed E-state index contributed by atoms with van der Waals surface area (Å²) in [5.41, 5.74) is 0.969. The van der Waals surface area contributed by atoms with Crippen LogP contribution in [0, 0.1) is 11.6 Å². The highest BCUT2D eigenvalue weighted by molar-refractivity contribution is 7.92. The second-order valence-corrected chi connectivity index (χ2v) is 11.0. The number of fused-ring (bicyclic) bond motifs is 1. The number of H-pyrrole nitrogens is 1. The minimum atomic E-state index is -3.84. The van der Waals surface area contributed by atoms with Crippen LogP contribution in [0.2, 0.25) is 0 Å². The fourth-order valence-corrected chi connectivity index (χ4v) is 4.99. The predicted molar refractivity (Wildman–Crippen MR) is 148 cm³/mol. The topological polar surface area (TPSA) is 116 Å². The fourth-order valence-electron chi connectivity index (χ4n) is 3.86. The monoisotopic (exact) mass is 557 g/mol. The number of ether oxygens (including phenoxy) is 1.